The molecule has 3 N–H and O–H groups in total. The summed E-state index contributed by atoms with van der Waals surface area (Å²) in [6.45, 7) is 0. The maximum absolute atomic E-state index is 12.7. The number of nitrogens with two attached hydrogens (primary N) is 1. The zero-order valence-electron chi connectivity index (χ0n) is 8.51. The molecular weight excluding hydrogens is 219 g/mol. The number of hydrogen-bond acceptors (Lipinski definition) is 2. The summed E-state index contributed by atoms with van der Waals surface area (Å²) in [6, 6.07) is 3.31. The van der Waals surface area contributed by atoms with Crippen molar-refractivity contribution in [2.75, 3.05) is 0 Å². The predicted octanol–water partition coefficient (Wildman–Crippen LogP) is 2.44. The predicted molar refractivity (Wildman–Crippen MR) is 53.0 cm³/mol. The van der Waals surface area contributed by atoms with Crippen molar-refractivity contribution in [2.45, 2.75) is 31.0 Å². The average Bonchev–Trinajstić information content (AvgIpc) is 2.85. The molecule has 1 saturated carbocycles. The van der Waals surface area contributed by atoms with Crippen molar-refractivity contribution in [1.29, 1.82) is 0 Å². The van der Waals surface area contributed by atoms with E-state index in [1.165, 1.54) is 12.1 Å². The van der Waals surface area contributed by atoms with Gasteiger partial charge in [0.2, 0.25) is 0 Å². The highest BCUT2D eigenvalue weighted by molar-refractivity contribution is 5.38. The number of halogens is 3. The Balaban J connectivity index is 2.36. The van der Waals surface area contributed by atoms with Crippen LogP contribution in [-0.4, -0.2) is 10.6 Å². The number of phenols is 1. The van der Waals surface area contributed by atoms with E-state index >= 15 is 0 Å². The summed E-state index contributed by atoms with van der Waals surface area (Å²) < 4.78 is 38.0. The second-order valence-electron chi connectivity index (χ2n) is 4.38. The van der Waals surface area contributed by atoms with Gasteiger partial charge in [-0.1, -0.05) is 6.07 Å². The quantitative estimate of drug-likeness (QED) is 0.821. The Morgan fingerprint density at radius 1 is 1.31 bits per heavy atom. The standard InChI is InChI=1S/C11H12F3NO/c12-11(13,14)9-5-8(16)2-1-7(9)6-10(15)3-4-10/h1-2,5,16H,3-4,6,15H2. The van der Waals surface area contributed by atoms with E-state index in [-0.39, 0.29) is 17.7 Å². The molecule has 0 aromatic heterocycles. The molecule has 0 amide bonds. The molecule has 2 rings (SSSR count). The molecular formula is C11H12F3NO. The van der Waals surface area contributed by atoms with Crippen LogP contribution in [-0.2, 0) is 12.6 Å². The fourth-order valence-corrected chi connectivity index (χ4v) is 1.70. The Morgan fingerprint density at radius 3 is 2.44 bits per heavy atom. The SMILES string of the molecule is NC1(Cc2ccc(O)cc2C(F)(F)F)CC1. The molecule has 0 bridgehead atoms. The van der Waals surface area contributed by atoms with Crippen molar-refractivity contribution >= 4 is 0 Å². The summed E-state index contributed by atoms with van der Waals surface area (Å²) in [4.78, 5) is 0. The Labute approximate surface area is 90.9 Å². The highest BCUT2D eigenvalue weighted by atomic mass is 19.4. The smallest absolute Gasteiger partial charge is 0.416 e. The van der Waals surface area contributed by atoms with Gasteiger partial charge >= 0.3 is 6.18 Å². The van der Waals surface area contributed by atoms with Crippen LogP contribution in [0.2, 0.25) is 0 Å². The second kappa shape index (κ2) is 3.38. The Morgan fingerprint density at radius 2 is 1.94 bits per heavy atom. The van der Waals surface area contributed by atoms with E-state index in [1.807, 2.05) is 0 Å². The Hall–Kier alpha value is -1.23. The third-order valence-electron chi connectivity index (χ3n) is 2.83. The number of rotatable bonds is 2. The highest BCUT2D eigenvalue weighted by Gasteiger charge is 2.41. The molecule has 16 heavy (non-hydrogen) atoms. The van der Waals surface area contributed by atoms with E-state index < -0.39 is 17.3 Å². The Bertz CT molecular complexity index is 410. The molecule has 1 aliphatic rings. The molecule has 0 radical (unpaired) electrons. The lowest BCUT2D eigenvalue weighted by Crippen LogP contribution is -2.26. The van der Waals surface area contributed by atoms with Crippen LogP contribution in [0.25, 0.3) is 0 Å². The van der Waals surface area contributed by atoms with Gasteiger partial charge in [-0.25, -0.2) is 0 Å². The first kappa shape index (κ1) is 11.3. The van der Waals surface area contributed by atoms with E-state index in [1.54, 1.807) is 0 Å². The minimum absolute atomic E-state index is 0.158. The first-order chi connectivity index (χ1) is 7.30. The van der Waals surface area contributed by atoms with Crippen LogP contribution in [0.4, 0.5) is 13.2 Å². The van der Waals surface area contributed by atoms with Crippen LogP contribution in [0.1, 0.15) is 24.0 Å². The highest BCUT2D eigenvalue weighted by Crippen LogP contribution is 2.40. The van der Waals surface area contributed by atoms with Gasteiger partial charge in [-0.15, -0.1) is 0 Å². The van der Waals surface area contributed by atoms with Gasteiger partial charge in [-0.05, 0) is 37.0 Å². The van der Waals surface area contributed by atoms with Crippen LogP contribution in [0, 0.1) is 0 Å². The van der Waals surface area contributed by atoms with E-state index in [2.05, 4.69) is 0 Å². The number of alkyl halides is 3. The summed E-state index contributed by atoms with van der Waals surface area (Å²) in [5.74, 6) is -0.377. The Kier molecular flexibility index (Phi) is 2.38. The summed E-state index contributed by atoms with van der Waals surface area (Å²) in [5, 5.41) is 9.08. The summed E-state index contributed by atoms with van der Waals surface area (Å²) in [5.41, 5.74) is 4.69. The minimum Gasteiger partial charge on any atom is -0.508 e. The van der Waals surface area contributed by atoms with Crippen LogP contribution in [0.3, 0.4) is 0 Å². The molecule has 1 aromatic carbocycles. The van der Waals surface area contributed by atoms with Crippen LogP contribution in [0.15, 0.2) is 18.2 Å². The number of hydrogen-bond donors (Lipinski definition) is 2. The third kappa shape index (κ3) is 2.29. The van der Waals surface area contributed by atoms with Crippen LogP contribution in [0.5, 0.6) is 5.75 Å². The van der Waals surface area contributed by atoms with Crippen LogP contribution < -0.4 is 5.73 Å². The molecule has 0 saturated heterocycles. The van der Waals surface area contributed by atoms with Gasteiger partial charge in [0.1, 0.15) is 5.75 Å². The lowest BCUT2D eigenvalue weighted by Gasteiger charge is -2.15. The molecule has 88 valence electrons. The molecule has 0 spiro atoms. The van der Waals surface area contributed by atoms with Gasteiger partial charge in [0, 0.05) is 5.54 Å². The third-order valence-corrected chi connectivity index (χ3v) is 2.83. The first-order valence-electron chi connectivity index (χ1n) is 4.98. The van der Waals surface area contributed by atoms with Crippen molar-refractivity contribution in [1.82, 2.24) is 0 Å². The average molecular weight is 231 g/mol. The van der Waals surface area contributed by atoms with Crippen molar-refractivity contribution in [3.05, 3.63) is 29.3 Å². The zero-order valence-corrected chi connectivity index (χ0v) is 8.51. The molecule has 1 aliphatic carbocycles. The fourth-order valence-electron chi connectivity index (χ4n) is 1.70. The monoisotopic (exact) mass is 231 g/mol. The first-order valence-corrected chi connectivity index (χ1v) is 4.98. The van der Waals surface area contributed by atoms with E-state index in [4.69, 9.17) is 10.8 Å². The summed E-state index contributed by atoms with van der Waals surface area (Å²) >= 11 is 0. The van der Waals surface area contributed by atoms with E-state index in [0.29, 0.717) is 0 Å². The lowest BCUT2D eigenvalue weighted by atomic mass is 9.98. The van der Waals surface area contributed by atoms with Crippen LogP contribution >= 0.6 is 0 Å². The van der Waals surface area contributed by atoms with Crippen molar-refractivity contribution in [3.63, 3.8) is 0 Å². The van der Waals surface area contributed by atoms with Gasteiger partial charge < -0.3 is 10.8 Å². The minimum atomic E-state index is -4.45. The van der Waals surface area contributed by atoms with Gasteiger partial charge in [-0.3, -0.25) is 0 Å². The number of aromatic hydroxyl groups is 1. The van der Waals surface area contributed by atoms with Crippen molar-refractivity contribution < 1.29 is 18.3 Å². The molecule has 0 atom stereocenters. The van der Waals surface area contributed by atoms with E-state index in [0.717, 1.165) is 18.9 Å². The van der Waals surface area contributed by atoms with Crippen molar-refractivity contribution in [3.8, 4) is 5.75 Å². The molecule has 0 heterocycles. The molecule has 1 fully saturated rings. The summed E-state index contributed by atoms with van der Waals surface area (Å²) in [6.07, 6.45) is -2.72. The van der Waals surface area contributed by atoms with Gasteiger partial charge in [0.15, 0.2) is 0 Å². The normalized spacial score (nSPS) is 18.5. The maximum atomic E-state index is 12.7. The van der Waals surface area contributed by atoms with E-state index in [9.17, 15) is 13.2 Å². The zero-order chi connectivity index (χ0) is 12.0. The molecule has 0 unspecified atom stereocenters. The molecule has 5 heteroatoms. The molecule has 2 nitrogen and oxygen atoms in total. The summed E-state index contributed by atoms with van der Waals surface area (Å²) in [7, 11) is 0. The molecule has 1 aromatic rings. The maximum Gasteiger partial charge on any atom is 0.416 e. The van der Waals surface area contributed by atoms with Gasteiger partial charge in [-0.2, -0.15) is 13.2 Å². The fraction of sp³-hybridized carbons (Fsp3) is 0.455. The van der Waals surface area contributed by atoms with Gasteiger partial charge in [0.25, 0.3) is 0 Å². The number of benzene rings is 1. The topological polar surface area (TPSA) is 46.2 Å². The number of phenolic OH excluding ortho intramolecular Hbond substituents is 1. The second-order valence-corrected chi connectivity index (χ2v) is 4.38. The largest absolute Gasteiger partial charge is 0.508 e. The lowest BCUT2D eigenvalue weighted by molar-refractivity contribution is -0.138. The van der Waals surface area contributed by atoms with Gasteiger partial charge in [0.05, 0.1) is 5.56 Å². The van der Waals surface area contributed by atoms with Crippen molar-refractivity contribution in [2.24, 2.45) is 5.73 Å². The molecule has 0 aliphatic heterocycles.